The van der Waals surface area contributed by atoms with Gasteiger partial charge in [0.1, 0.15) is 22.6 Å². The van der Waals surface area contributed by atoms with Gasteiger partial charge in [0.2, 0.25) is 0 Å². The first-order valence-electron chi connectivity index (χ1n) is 6.40. The minimum absolute atomic E-state index is 0.0185. The number of carbonyl (C=O) groups excluding carboxylic acids is 1. The number of amides is 1. The number of fused-ring (bicyclic) bond motifs is 1. The Morgan fingerprint density at radius 2 is 1.95 bits per heavy atom. The maximum Gasteiger partial charge on any atom is 0.412 e. The molecule has 112 valence electrons. The molecule has 0 spiro atoms. The van der Waals surface area contributed by atoms with E-state index in [2.05, 4.69) is 5.32 Å². The predicted molar refractivity (Wildman–Crippen MR) is 78.9 cm³/mol. The third-order valence-electron chi connectivity index (χ3n) is 2.57. The van der Waals surface area contributed by atoms with E-state index in [1.165, 1.54) is 6.07 Å². The van der Waals surface area contributed by atoms with Crippen molar-refractivity contribution in [3.63, 3.8) is 0 Å². The summed E-state index contributed by atoms with van der Waals surface area (Å²) in [6.07, 6.45) is -0.711. The first-order valence-corrected chi connectivity index (χ1v) is 6.40. The minimum Gasteiger partial charge on any atom is -0.497 e. The maximum atomic E-state index is 11.8. The summed E-state index contributed by atoms with van der Waals surface area (Å²) in [4.78, 5) is 23.5. The summed E-state index contributed by atoms with van der Waals surface area (Å²) in [6.45, 7) is 5.21. The zero-order valence-electron chi connectivity index (χ0n) is 12.4. The van der Waals surface area contributed by atoms with E-state index >= 15 is 0 Å². The number of ether oxygens (including phenoxy) is 2. The van der Waals surface area contributed by atoms with Crippen molar-refractivity contribution < 1.29 is 18.7 Å². The number of nitrogens with one attached hydrogen (secondary N) is 1. The van der Waals surface area contributed by atoms with E-state index in [0.29, 0.717) is 16.7 Å². The van der Waals surface area contributed by atoms with E-state index in [-0.39, 0.29) is 5.69 Å². The molecule has 1 amide bonds. The van der Waals surface area contributed by atoms with Crippen LogP contribution in [0.4, 0.5) is 10.5 Å². The molecule has 1 aromatic heterocycles. The average molecular weight is 291 g/mol. The number of benzene rings is 1. The molecule has 2 aromatic rings. The van der Waals surface area contributed by atoms with E-state index in [1.54, 1.807) is 46.1 Å². The fraction of sp³-hybridized carbons (Fsp3) is 0.333. The number of carbonyl (C=O) groups is 1. The summed E-state index contributed by atoms with van der Waals surface area (Å²) in [7, 11) is 1.54. The molecule has 6 heteroatoms. The van der Waals surface area contributed by atoms with Crippen molar-refractivity contribution in [3.05, 3.63) is 34.7 Å². The second-order valence-electron chi connectivity index (χ2n) is 5.48. The monoisotopic (exact) mass is 291 g/mol. The molecule has 21 heavy (non-hydrogen) atoms. The molecule has 1 aromatic carbocycles. The minimum atomic E-state index is -0.711. The summed E-state index contributed by atoms with van der Waals surface area (Å²) in [6, 6.07) is 6.55. The normalized spacial score (nSPS) is 11.2. The van der Waals surface area contributed by atoms with E-state index in [0.717, 1.165) is 0 Å². The average Bonchev–Trinajstić information content (AvgIpc) is 2.37. The molecule has 0 atom stereocenters. The van der Waals surface area contributed by atoms with Gasteiger partial charge in [0.25, 0.3) is 0 Å². The van der Waals surface area contributed by atoms with Gasteiger partial charge in [-0.3, -0.25) is 5.32 Å². The highest BCUT2D eigenvalue weighted by atomic mass is 16.6. The summed E-state index contributed by atoms with van der Waals surface area (Å²) < 4.78 is 15.3. The molecule has 0 aliphatic carbocycles. The van der Waals surface area contributed by atoms with Crippen LogP contribution in [0.15, 0.2) is 33.5 Å². The van der Waals surface area contributed by atoms with Crippen LogP contribution in [0.25, 0.3) is 11.0 Å². The maximum absolute atomic E-state index is 11.8. The Hall–Kier alpha value is -2.50. The lowest BCUT2D eigenvalue weighted by atomic mass is 10.2. The standard InChI is InChI=1S/C15H17NO5/c1-15(2,3)21-14(18)16-11-8-9-7-10(19-4)5-6-12(9)20-13(11)17/h5-8H,1-4H3,(H,16,18). The smallest absolute Gasteiger partial charge is 0.412 e. The second kappa shape index (κ2) is 5.47. The highest BCUT2D eigenvalue weighted by Gasteiger charge is 2.18. The van der Waals surface area contributed by atoms with Gasteiger partial charge in [-0.25, -0.2) is 9.59 Å². The van der Waals surface area contributed by atoms with E-state index < -0.39 is 17.3 Å². The summed E-state index contributed by atoms with van der Waals surface area (Å²) in [5, 5.41) is 3.03. The van der Waals surface area contributed by atoms with Crippen molar-refractivity contribution in [2.75, 3.05) is 12.4 Å². The van der Waals surface area contributed by atoms with Crippen LogP contribution in [0, 0.1) is 0 Å². The lowest BCUT2D eigenvalue weighted by Gasteiger charge is -2.19. The number of rotatable bonds is 2. The molecule has 0 bridgehead atoms. The van der Waals surface area contributed by atoms with Crippen LogP contribution in [-0.4, -0.2) is 18.8 Å². The van der Waals surface area contributed by atoms with Crippen LogP contribution in [-0.2, 0) is 4.74 Å². The summed E-state index contributed by atoms with van der Waals surface area (Å²) in [5.74, 6) is 0.625. The lowest BCUT2D eigenvalue weighted by Crippen LogP contribution is -2.28. The van der Waals surface area contributed by atoms with Gasteiger partial charge in [-0.2, -0.15) is 0 Å². The second-order valence-corrected chi connectivity index (χ2v) is 5.48. The molecule has 0 aliphatic heterocycles. The molecule has 0 fully saturated rings. The van der Waals surface area contributed by atoms with Gasteiger partial charge in [0.05, 0.1) is 7.11 Å². The van der Waals surface area contributed by atoms with Crippen LogP contribution >= 0.6 is 0 Å². The van der Waals surface area contributed by atoms with Crippen LogP contribution in [0.1, 0.15) is 20.8 Å². The van der Waals surface area contributed by atoms with Gasteiger partial charge in [0.15, 0.2) is 0 Å². The fourth-order valence-electron chi connectivity index (χ4n) is 1.73. The Labute approximate surface area is 121 Å². The quantitative estimate of drug-likeness (QED) is 0.860. The van der Waals surface area contributed by atoms with E-state index in [1.807, 2.05) is 0 Å². The van der Waals surface area contributed by atoms with Gasteiger partial charge in [0, 0.05) is 5.39 Å². The van der Waals surface area contributed by atoms with Crippen LogP contribution < -0.4 is 15.7 Å². The molecular weight excluding hydrogens is 274 g/mol. The van der Waals surface area contributed by atoms with Crippen LogP contribution in [0.5, 0.6) is 5.75 Å². The van der Waals surface area contributed by atoms with Crippen LogP contribution in [0.2, 0.25) is 0 Å². The SMILES string of the molecule is COc1ccc2oc(=O)c(NC(=O)OC(C)(C)C)cc2c1. The Kier molecular flexibility index (Phi) is 3.88. The number of anilines is 1. The molecular formula is C15H17NO5. The van der Waals surface area contributed by atoms with E-state index in [4.69, 9.17) is 13.9 Å². The topological polar surface area (TPSA) is 77.8 Å². The molecule has 0 radical (unpaired) electrons. The lowest BCUT2D eigenvalue weighted by molar-refractivity contribution is 0.0635. The third kappa shape index (κ3) is 3.75. The first kappa shape index (κ1) is 14.9. The Balaban J connectivity index is 2.33. The van der Waals surface area contributed by atoms with Crippen molar-refractivity contribution in [1.29, 1.82) is 0 Å². The molecule has 1 N–H and O–H groups in total. The van der Waals surface area contributed by atoms with Crippen molar-refractivity contribution in [1.82, 2.24) is 0 Å². The predicted octanol–water partition coefficient (Wildman–Crippen LogP) is 3.15. The van der Waals surface area contributed by atoms with Gasteiger partial charge in [-0.15, -0.1) is 0 Å². The molecule has 0 aliphatic rings. The zero-order valence-corrected chi connectivity index (χ0v) is 12.4. The summed E-state index contributed by atoms with van der Waals surface area (Å²) >= 11 is 0. The highest BCUT2D eigenvalue weighted by Crippen LogP contribution is 2.21. The van der Waals surface area contributed by atoms with Crippen molar-refractivity contribution >= 4 is 22.7 Å². The zero-order chi connectivity index (χ0) is 15.6. The summed E-state index contributed by atoms with van der Waals surface area (Å²) in [5.41, 5.74) is -0.858. The Bertz CT molecular complexity index is 727. The highest BCUT2D eigenvalue weighted by molar-refractivity contribution is 5.88. The Morgan fingerprint density at radius 1 is 1.24 bits per heavy atom. The largest absolute Gasteiger partial charge is 0.497 e. The van der Waals surface area contributed by atoms with Gasteiger partial charge < -0.3 is 13.9 Å². The molecule has 0 saturated heterocycles. The fourth-order valence-corrected chi connectivity index (χ4v) is 1.73. The molecule has 1 heterocycles. The molecule has 2 rings (SSSR count). The van der Waals surface area contributed by atoms with Crippen molar-refractivity contribution in [2.45, 2.75) is 26.4 Å². The Morgan fingerprint density at radius 3 is 2.57 bits per heavy atom. The van der Waals surface area contributed by atoms with Crippen LogP contribution in [0.3, 0.4) is 0 Å². The van der Waals surface area contributed by atoms with E-state index in [9.17, 15) is 9.59 Å². The number of methoxy groups -OCH3 is 1. The van der Waals surface area contributed by atoms with Gasteiger partial charge in [-0.1, -0.05) is 0 Å². The van der Waals surface area contributed by atoms with Gasteiger partial charge >= 0.3 is 11.7 Å². The van der Waals surface area contributed by atoms with Crippen molar-refractivity contribution in [3.8, 4) is 5.75 Å². The van der Waals surface area contributed by atoms with Gasteiger partial charge in [-0.05, 0) is 45.0 Å². The third-order valence-corrected chi connectivity index (χ3v) is 2.57. The number of hydrogen-bond acceptors (Lipinski definition) is 5. The molecule has 0 unspecified atom stereocenters. The first-order chi connectivity index (χ1) is 9.78. The molecule has 0 saturated carbocycles. The number of hydrogen-bond donors (Lipinski definition) is 1. The van der Waals surface area contributed by atoms with Crippen molar-refractivity contribution in [2.24, 2.45) is 0 Å². The molecule has 6 nitrogen and oxygen atoms in total.